The van der Waals surface area contributed by atoms with Gasteiger partial charge in [0.25, 0.3) is 0 Å². The Labute approximate surface area is 114 Å². The molecule has 0 aromatic carbocycles. The molecule has 0 amide bonds. The lowest BCUT2D eigenvalue weighted by atomic mass is 10.2. The number of nitrogen functional groups attached to an aromatic ring is 1. The van der Waals surface area contributed by atoms with Gasteiger partial charge in [-0.15, -0.1) is 0 Å². The highest BCUT2D eigenvalue weighted by atomic mass is 19.4. The van der Waals surface area contributed by atoms with Crippen LogP contribution in [-0.2, 0) is 0 Å². The molecular formula is C12H16F3N5. The Morgan fingerprint density at radius 3 is 2.35 bits per heavy atom. The van der Waals surface area contributed by atoms with Crippen molar-refractivity contribution < 1.29 is 13.2 Å². The Morgan fingerprint density at radius 1 is 1.25 bits per heavy atom. The minimum Gasteiger partial charge on any atom is -0.382 e. The highest BCUT2D eigenvalue weighted by Gasteiger charge is 2.32. The third-order valence-electron chi connectivity index (χ3n) is 3.16. The van der Waals surface area contributed by atoms with E-state index in [9.17, 15) is 13.2 Å². The summed E-state index contributed by atoms with van der Waals surface area (Å²) in [6, 6.07) is 3.42. The van der Waals surface area contributed by atoms with Crippen molar-refractivity contribution in [2.24, 2.45) is 5.73 Å². The van der Waals surface area contributed by atoms with Crippen molar-refractivity contribution in [2.75, 3.05) is 37.6 Å². The summed E-state index contributed by atoms with van der Waals surface area (Å²) in [5, 5.41) is 7.25. The number of amidine groups is 1. The molecule has 20 heavy (non-hydrogen) atoms. The number of nitrogens with two attached hydrogens (primary N) is 1. The Kier molecular flexibility index (Phi) is 4.12. The lowest BCUT2D eigenvalue weighted by molar-refractivity contribution is -0.146. The molecule has 0 aliphatic carbocycles. The average Bonchev–Trinajstić information content (AvgIpc) is 2.38. The van der Waals surface area contributed by atoms with E-state index in [-0.39, 0.29) is 5.84 Å². The lowest BCUT2D eigenvalue weighted by Gasteiger charge is -2.36. The van der Waals surface area contributed by atoms with Crippen LogP contribution in [0.2, 0.25) is 0 Å². The maximum absolute atomic E-state index is 12.3. The third-order valence-corrected chi connectivity index (χ3v) is 3.16. The number of hydrogen-bond acceptors (Lipinski definition) is 4. The van der Waals surface area contributed by atoms with Crippen LogP contribution < -0.4 is 10.6 Å². The molecule has 2 rings (SSSR count). The minimum absolute atomic E-state index is 0.105. The summed E-state index contributed by atoms with van der Waals surface area (Å²) in [5.41, 5.74) is 6.54. The van der Waals surface area contributed by atoms with Crippen molar-refractivity contribution in [1.29, 1.82) is 5.41 Å². The van der Waals surface area contributed by atoms with Gasteiger partial charge in [0, 0.05) is 26.2 Å². The van der Waals surface area contributed by atoms with Crippen molar-refractivity contribution in [2.45, 2.75) is 6.18 Å². The van der Waals surface area contributed by atoms with E-state index in [0.29, 0.717) is 31.9 Å². The van der Waals surface area contributed by atoms with Crippen molar-refractivity contribution in [3.8, 4) is 0 Å². The Hall–Kier alpha value is -1.83. The van der Waals surface area contributed by atoms with Gasteiger partial charge in [-0.1, -0.05) is 0 Å². The van der Waals surface area contributed by atoms with Crippen LogP contribution in [-0.4, -0.2) is 54.6 Å². The summed E-state index contributed by atoms with van der Waals surface area (Å²) in [4.78, 5) is 7.42. The average molecular weight is 287 g/mol. The molecule has 0 saturated carbocycles. The first-order chi connectivity index (χ1) is 9.35. The van der Waals surface area contributed by atoms with E-state index in [1.807, 2.05) is 4.90 Å². The molecule has 0 unspecified atom stereocenters. The number of piperazine rings is 1. The number of alkyl halides is 3. The molecule has 0 atom stereocenters. The zero-order valence-corrected chi connectivity index (χ0v) is 10.8. The molecule has 0 spiro atoms. The molecule has 3 N–H and O–H groups in total. The van der Waals surface area contributed by atoms with Crippen molar-refractivity contribution >= 4 is 11.5 Å². The molecule has 1 aliphatic heterocycles. The fourth-order valence-corrected chi connectivity index (χ4v) is 2.15. The topological polar surface area (TPSA) is 69.2 Å². The number of halogens is 3. The van der Waals surface area contributed by atoms with Gasteiger partial charge in [-0.05, 0) is 12.1 Å². The molecule has 1 aromatic heterocycles. The van der Waals surface area contributed by atoms with Gasteiger partial charge < -0.3 is 10.6 Å². The normalized spacial score (nSPS) is 17.2. The number of aromatic nitrogens is 1. The largest absolute Gasteiger partial charge is 0.401 e. The van der Waals surface area contributed by atoms with Gasteiger partial charge in [0.15, 0.2) is 0 Å². The van der Waals surface area contributed by atoms with Crippen LogP contribution in [0.3, 0.4) is 0 Å². The van der Waals surface area contributed by atoms with Crippen LogP contribution in [0.25, 0.3) is 0 Å². The van der Waals surface area contributed by atoms with Gasteiger partial charge in [-0.25, -0.2) is 0 Å². The Balaban J connectivity index is 1.92. The highest BCUT2D eigenvalue weighted by molar-refractivity contribution is 5.93. The first kappa shape index (κ1) is 14.6. The van der Waals surface area contributed by atoms with Crippen LogP contribution in [0.4, 0.5) is 18.9 Å². The van der Waals surface area contributed by atoms with Gasteiger partial charge in [0.05, 0.1) is 18.4 Å². The number of rotatable bonds is 3. The lowest BCUT2D eigenvalue weighted by Crippen LogP contribution is -2.49. The number of nitrogens with zero attached hydrogens (tertiary/aromatic N) is 3. The van der Waals surface area contributed by atoms with Crippen LogP contribution in [0, 0.1) is 5.41 Å². The second-order valence-electron chi connectivity index (χ2n) is 4.69. The molecule has 2 heterocycles. The second kappa shape index (κ2) is 5.66. The molecule has 1 aromatic rings. The van der Waals surface area contributed by atoms with Crippen LogP contribution >= 0.6 is 0 Å². The summed E-state index contributed by atoms with van der Waals surface area (Å²) in [6.45, 7) is 0.929. The SMILES string of the molecule is N=C(N)c1ccc(N2CCN(CC(F)(F)F)CC2)cn1. The first-order valence-corrected chi connectivity index (χ1v) is 6.20. The predicted molar refractivity (Wildman–Crippen MR) is 70.0 cm³/mol. The fraction of sp³-hybridized carbons (Fsp3) is 0.500. The zero-order valence-electron chi connectivity index (χ0n) is 10.8. The van der Waals surface area contributed by atoms with Crippen LogP contribution in [0.5, 0.6) is 0 Å². The summed E-state index contributed by atoms with van der Waals surface area (Å²) in [7, 11) is 0. The quantitative estimate of drug-likeness (QED) is 0.644. The molecule has 110 valence electrons. The van der Waals surface area contributed by atoms with E-state index in [1.165, 1.54) is 4.90 Å². The molecular weight excluding hydrogens is 271 g/mol. The molecule has 1 aliphatic rings. The van der Waals surface area contributed by atoms with Crippen LogP contribution in [0.15, 0.2) is 18.3 Å². The van der Waals surface area contributed by atoms with Gasteiger partial charge in [-0.3, -0.25) is 15.3 Å². The number of pyridine rings is 1. The zero-order chi connectivity index (χ0) is 14.8. The summed E-state index contributed by atoms with van der Waals surface area (Å²) in [5.74, 6) is -0.105. The molecule has 1 fully saturated rings. The van der Waals surface area contributed by atoms with Gasteiger partial charge in [-0.2, -0.15) is 13.2 Å². The Bertz CT molecular complexity index is 463. The monoisotopic (exact) mass is 287 g/mol. The predicted octanol–water partition coefficient (Wildman–Crippen LogP) is 1.05. The number of nitrogens with one attached hydrogen (secondary N) is 1. The summed E-state index contributed by atoms with van der Waals surface area (Å²) >= 11 is 0. The van der Waals surface area contributed by atoms with Gasteiger partial charge in [0.2, 0.25) is 0 Å². The molecule has 1 saturated heterocycles. The molecule has 0 bridgehead atoms. The molecule has 8 heteroatoms. The van der Waals surface area contributed by atoms with E-state index in [4.69, 9.17) is 11.1 Å². The van der Waals surface area contributed by atoms with Crippen molar-refractivity contribution in [3.05, 3.63) is 24.0 Å². The number of hydrogen-bond donors (Lipinski definition) is 2. The highest BCUT2D eigenvalue weighted by Crippen LogP contribution is 2.20. The smallest absolute Gasteiger partial charge is 0.382 e. The van der Waals surface area contributed by atoms with E-state index in [2.05, 4.69) is 4.98 Å². The standard InChI is InChI=1S/C12H16F3N5/c13-12(14,15)8-19-3-5-20(6-4-19)9-1-2-10(11(16)17)18-7-9/h1-2,7H,3-6,8H2,(H3,16,17). The maximum atomic E-state index is 12.3. The maximum Gasteiger partial charge on any atom is 0.401 e. The van der Waals surface area contributed by atoms with E-state index in [1.54, 1.807) is 18.3 Å². The van der Waals surface area contributed by atoms with Gasteiger partial charge in [0.1, 0.15) is 11.5 Å². The van der Waals surface area contributed by atoms with E-state index < -0.39 is 12.7 Å². The fourth-order valence-electron chi connectivity index (χ4n) is 2.15. The van der Waals surface area contributed by atoms with Crippen molar-refractivity contribution in [3.63, 3.8) is 0 Å². The van der Waals surface area contributed by atoms with E-state index in [0.717, 1.165) is 5.69 Å². The second-order valence-corrected chi connectivity index (χ2v) is 4.69. The van der Waals surface area contributed by atoms with Gasteiger partial charge >= 0.3 is 6.18 Å². The summed E-state index contributed by atoms with van der Waals surface area (Å²) < 4.78 is 36.8. The Morgan fingerprint density at radius 2 is 1.90 bits per heavy atom. The van der Waals surface area contributed by atoms with E-state index >= 15 is 0 Å². The minimum atomic E-state index is -4.15. The molecule has 0 radical (unpaired) electrons. The summed E-state index contributed by atoms with van der Waals surface area (Å²) in [6.07, 6.45) is -2.55. The number of anilines is 1. The first-order valence-electron chi connectivity index (χ1n) is 6.20. The molecule has 5 nitrogen and oxygen atoms in total. The van der Waals surface area contributed by atoms with Crippen LogP contribution in [0.1, 0.15) is 5.69 Å². The third kappa shape index (κ3) is 3.83. The van der Waals surface area contributed by atoms with Crippen molar-refractivity contribution in [1.82, 2.24) is 9.88 Å².